The zero-order chi connectivity index (χ0) is 41.8. The Hall–Kier alpha value is -6.42. The van der Waals surface area contributed by atoms with Crippen LogP contribution in [-0.2, 0) is 29.3 Å². The Labute approximate surface area is 350 Å². The van der Waals surface area contributed by atoms with Gasteiger partial charge in [-0.1, -0.05) is 87.5 Å². The molecule has 1 atom stereocenters. The molecule has 0 bridgehead atoms. The summed E-state index contributed by atoms with van der Waals surface area (Å²) in [6, 6.07) is 35.8. The Kier molecular flexibility index (Phi) is 9.76. The quantitative estimate of drug-likeness (QED) is 0.131. The van der Waals surface area contributed by atoms with Crippen molar-refractivity contribution in [2.24, 2.45) is 7.05 Å². The highest BCUT2D eigenvalue weighted by molar-refractivity contribution is 6.99. The van der Waals surface area contributed by atoms with Crippen molar-refractivity contribution in [1.82, 2.24) is 25.1 Å². The molecule has 1 fully saturated rings. The molecule has 3 aliphatic rings. The summed E-state index contributed by atoms with van der Waals surface area (Å²) in [5.41, 5.74) is 4.32. The van der Waals surface area contributed by atoms with Crippen LogP contribution < -0.4 is 20.6 Å². The summed E-state index contributed by atoms with van der Waals surface area (Å²) in [5.74, 6) is 1.27. The summed E-state index contributed by atoms with van der Waals surface area (Å²) in [4.78, 5) is 20.9. The monoisotopic (exact) mass is 815 g/mol. The zero-order valence-corrected chi connectivity index (χ0v) is 35.4. The number of nitrogens with zero attached hydrogens (tertiary/aromatic N) is 6. The number of fused-ring (bicyclic) bond motifs is 1. The van der Waals surface area contributed by atoms with E-state index in [1.165, 1.54) is 6.07 Å². The number of halogens is 1. The fourth-order valence-corrected chi connectivity index (χ4v) is 13.1. The molecular formula is C48H46FN7O3Si. The summed E-state index contributed by atoms with van der Waals surface area (Å²) >= 11 is 0. The van der Waals surface area contributed by atoms with Crippen LogP contribution in [0.2, 0.25) is 5.04 Å². The van der Waals surface area contributed by atoms with E-state index in [0.29, 0.717) is 46.3 Å². The van der Waals surface area contributed by atoms with E-state index in [2.05, 4.69) is 90.9 Å². The van der Waals surface area contributed by atoms with Crippen LogP contribution in [0.1, 0.15) is 79.2 Å². The molecule has 60 heavy (non-hydrogen) atoms. The molecule has 4 aromatic carbocycles. The van der Waals surface area contributed by atoms with E-state index in [4.69, 9.17) is 14.1 Å². The highest BCUT2D eigenvalue weighted by atomic mass is 28.4. The molecule has 1 amide bonds. The van der Waals surface area contributed by atoms with Gasteiger partial charge in [-0.3, -0.25) is 15.0 Å². The third-order valence-electron chi connectivity index (χ3n) is 12.0. The first kappa shape index (κ1) is 39.1. The van der Waals surface area contributed by atoms with Crippen LogP contribution in [0.4, 0.5) is 10.2 Å². The van der Waals surface area contributed by atoms with Crippen LogP contribution in [-0.4, -0.2) is 46.1 Å². The van der Waals surface area contributed by atoms with Gasteiger partial charge in [0.15, 0.2) is 5.82 Å². The first-order valence-corrected chi connectivity index (χ1v) is 22.2. The van der Waals surface area contributed by atoms with E-state index in [1.807, 2.05) is 44.3 Å². The van der Waals surface area contributed by atoms with Gasteiger partial charge in [-0.25, -0.2) is 9.37 Å². The first-order valence-electron chi connectivity index (χ1n) is 20.3. The lowest BCUT2D eigenvalue weighted by atomic mass is 9.96. The minimum absolute atomic E-state index is 0.0581. The van der Waals surface area contributed by atoms with Crippen molar-refractivity contribution in [3.8, 4) is 28.6 Å². The fraction of sp³-hybridized carbons (Fsp3) is 0.271. The van der Waals surface area contributed by atoms with Crippen molar-refractivity contribution in [3.63, 3.8) is 0 Å². The van der Waals surface area contributed by atoms with Crippen molar-refractivity contribution >= 4 is 30.4 Å². The molecule has 1 unspecified atom stereocenters. The Morgan fingerprint density at radius 3 is 2.32 bits per heavy atom. The number of carbonyl (C=O) groups excluding carboxylic acids is 1. The molecule has 9 rings (SSSR count). The Morgan fingerprint density at radius 2 is 1.68 bits per heavy atom. The highest BCUT2D eigenvalue weighted by Gasteiger charge is 2.54. The van der Waals surface area contributed by atoms with Crippen LogP contribution >= 0.6 is 0 Å². The topological polar surface area (TPSA) is 118 Å². The normalized spacial score (nSPS) is 17.6. The second kappa shape index (κ2) is 15.0. The number of hydrogen-bond acceptors (Lipinski definition) is 8. The van der Waals surface area contributed by atoms with E-state index < -0.39 is 19.7 Å². The molecular weight excluding hydrogens is 770 g/mol. The Bertz CT molecular complexity index is 2660. The van der Waals surface area contributed by atoms with Gasteiger partial charge < -0.3 is 13.7 Å². The average molecular weight is 816 g/mol. The fourth-order valence-electron chi connectivity index (χ4n) is 8.57. The van der Waals surface area contributed by atoms with E-state index in [-0.39, 0.29) is 30.0 Å². The maximum absolute atomic E-state index is 16.2. The predicted molar refractivity (Wildman–Crippen MR) is 231 cm³/mol. The van der Waals surface area contributed by atoms with Crippen molar-refractivity contribution in [2.45, 2.75) is 70.1 Å². The van der Waals surface area contributed by atoms with Gasteiger partial charge >= 0.3 is 8.32 Å². The molecule has 0 radical (unpaired) electrons. The number of amides is 1. The molecule has 302 valence electrons. The van der Waals surface area contributed by atoms with Gasteiger partial charge in [-0.2, -0.15) is 5.26 Å². The summed E-state index contributed by atoms with van der Waals surface area (Å²) in [7, 11) is -1.11. The van der Waals surface area contributed by atoms with E-state index in [1.54, 1.807) is 40.3 Å². The zero-order valence-electron chi connectivity index (χ0n) is 34.4. The number of aryl methyl sites for hydroxylation is 1. The minimum atomic E-state index is -2.97. The van der Waals surface area contributed by atoms with Gasteiger partial charge in [0.25, 0.3) is 5.91 Å². The molecule has 1 saturated carbocycles. The number of anilines is 1. The number of aromatic nitrogens is 4. The summed E-state index contributed by atoms with van der Waals surface area (Å²) < 4.78 is 31.4. The molecule has 0 saturated heterocycles. The highest BCUT2D eigenvalue weighted by Crippen LogP contribution is 2.44. The largest absolute Gasteiger partial charge is 0.533 e. The van der Waals surface area contributed by atoms with Crippen LogP contribution in [0.3, 0.4) is 0 Å². The van der Waals surface area contributed by atoms with Gasteiger partial charge in [0.1, 0.15) is 42.1 Å². The number of ether oxygens (including phenoxy) is 1. The van der Waals surface area contributed by atoms with E-state index in [0.717, 1.165) is 45.6 Å². The summed E-state index contributed by atoms with van der Waals surface area (Å²) in [5, 5.41) is 23.8. The third kappa shape index (κ3) is 6.87. The van der Waals surface area contributed by atoms with Gasteiger partial charge in [0, 0.05) is 41.9 Å². The molecule has 4 heterocycles. The number of nitriles is 1. The molecule has 10 nitrogen and oxygen atoms in total. The van der Waals surface area contributed by atoms with E-state index >= 15 is 4.39 Å². The first-order chi connectivity index (χ1) is 28.9. The van der Waals surface area contributed by atoms with Crippen LogP contribution in [0, 0.1) is 17.1 Å². The maximum atomic E-state index is 16.2. The van der Waals surface area contributed by atoms with E-state index in [9.17, 15) is 10.1 Å². The van der Waals surface area contributed by atoms with Crippen molar-refractivity contribution in [3.05, 3.63) is 155 Å². The Morgan fingerprint density at radius 1 is 0.967 bits per heavy atom. The van der Waals surface area contributed by atoms with Crippen molar-refractivity contribution in [1.29, 1.82) is 5.26 Å². The molecule has 2 aliphatic heterocycles. The number of benzene rings is 4. The Balaban J connectivity index is 1.00. The molecule has 0 spiro atoms. The minimum Gasteiger partial charge on any atom is -0.533 e. The molecule has 1 aliphatic carbocycles. The number of nitrogens with one attached hydrogen (secondary N) is 1. The number of pyridine rings is 1. The van der Waals surface area contributed by atoms with Gasteiger partial charge in [0.2, 0.25) is 0 Å². The molecule has 12 heteroatoms. The number of hydrogen-bond donors (Lipinski definition) is 1. The smallest absolute Gasteiger partial charge is 0.319 e. The predicted octanol–water partition coefficient (Wildman–Crippen LogP) is 7.89. The van der Waals surface area contributed by atoms with Crippen molar-refractivity contribution < 1.29 is 18.3 Å². The van der Waals surface area contributed by atoms with Gasteiger partial charge in [-0.05, 0) is 88.3 Å². The third-order valence-corrected chi connectivity index (χ3v) is 17.0. The maximum Gasteiger partial charge on any atom is 0.319 e. The summed E-state index contributed by atoms with van der Waals surface area (Å²) in [6.45, 7) is 9.39. The second-order valence-corrected chi connectivity index (χ2v) is 21.5. The molecule has 1 N–H and O–H groups in total. The average Bonchev–Trinajstić information content (AvgIpc) is 3.80. The lowest BCUT2D eigenvalue weighted by Crippen LogP contribution is -2.67. The second-order valence-electron chi connectivity index (χ2n) is 17.3. The van der Waals surface area contributed by atoms with Gasteiger partial charge in [-0.15, -0.1) is 10.2 Å². The van der Waals surface area contributed by atoms with Crippen LogP contribution in [0.5, 0.6) is 0 Å². The molecule has 2 aromatic heterocycles. The standard InChI is InChI=1S/C48H46FN7O3Si/c1-47(2,3)60(35-12-8-6-9-13-35,36-14-10-7-11-15-36)59-43-28-58-29-48(43,4)51-26-32-21-39-40(41(49)22-32)27-56(46(39)57)44-24-34(23-42(53-44)33-17-18-33)37-19-16-31(25-50)20-38(37)45-54-52-30-55(45)5/h6-16,19-24,28,30,33,51H,17-18,26-27,29H2,1-5H3. The molecule has 6 aromatic rings. The van der Waals surface area contributed by atoms with Crippen LogP contribution in [0.15, 0.2) is 121 Å². The SMILES string of the molecule is Cn1cnnc1-c1cc(C#N)ccc1-c1cc(C2CC2)nc(N2Cc3c(F)cc(CNC4(C)COC=C4O[Si](c4ccccc4)(c4ccccc4)C(C)(C)C)cc3C2=O)c1. The van der Waals surface area contributed by atoms with Gasteiger partial charge in [0.05, 0.1) is 18.2 Å². The lowest BCUT2D eigenvalue weighted by Gasteiger charge is -2.45. The summed E-state index contributed by atoms with van der Waals surface area (Å²) in [6.07, 6.45) is 5.33. The van der Waals surface area contributed by atoms with Crippen molar-refractivity contribution in [2.75, 3.05) is 11.5 Å². The van der Waals surface area contributed by atoms with Crippen LogP contribution in [0.25, 0.3) is 22.5 Å². The number of rotatable bonds is 11. The lowest BCUT2D eigenvalue weighted by molar-refractivity contribution is 0.0995. The number of carbonyl (C=O) groups is 1.